The topological polar surface area (TPSA) is 59.0 Å². The van der Waals surface area contributed by atoms with Crippen LogP contribution in [0, 0.1) is 12.8 Å². The summed E-state index contributed by atoms with van der Waals surface area (Å²) in [7, 11) is 1.28. The van der Waals surface area contributed by atoms with Crippen LogP contribution in [-0.2, 0) is 11.0 Å². The molecule has 0 N–H and O–H groups in total. The van der Waals surface area contributed by atoms with Crippen molar-refractivity contribution in [2.24, 2.45) is 5.92 Å². The monoisotopic (exact) mass is 338 g/mol. The highest BCUT2D eigenvalue weighted by molar-refractivity contribution is 5.94. The van der Waals surface area contributed by atoms with Gasteiger partial charge in [0, 0.05) is 30.9 Å². The zero-order valence-electron chi connectivity index (χ0n) is 13.7. The predicted molar refractivity (Wildman–Crippen MR) is 83.3 cm³/mol. The normalized spacial score (nSPS) is 11.7. The fourth-order valence-corrected chi connectivity index (χ4v) is 2.15. The lowest BCUT2D eigenvalue weighted by molar-refractivity contribution is -0.140. The van der Waals surface area contributed by atoms with Crippen molar-refractivity contribution in [2.45, 2.75) is 26.9 Å². The second-order valence-corrected chi connectivity index (χ2v) is 5.73. The summed E-state index contributed by atoms with van der Waals surface area (Å²) in [5.41, 5.74) is -0.359. The maximum Gasteiger partial charge on any atom is 0.435 e. The van der Waals surface area contributed by atoms with Gasteiger partial charge in [-0.3, -0.25) is 9.78 Å². The fourth-order valence-electron chi connectivity index (χ4n) is 2.15. The Labute approximate surface area is 137 Å². The van der Waals surface area contributed by atoms with E-state index in [0.29, 0.717) is 5.56 Å². The summed E-state index contributed by atoms with van der Waals surface area (Å²) in [6, 6.07) is 1.64. The highest BCUT2D eigenvalue weighted by Gasteiger charge is 2.38. The molecule has 0 spiro atoms. The van der Waals surface area contributed by atoms with E-state index in [9.17, 15) is 18.0 Å². The number of anilines is 1. The summed E-state index contributed by atoms with van der Waals surface area (Å²) >= 11 is 0. The van der Waals surface area contributed by atoms with Crippen LogP contribution in [-0.4, -0.2) is 27.9 Å². The van der Waals surface area contributed by atoms with Crippen LogP contribution >= 0.6 is 0 Å². The van der Waals surface area contributed by atoms with Gasteiger partial charge in [-0.1, -0.05) is 13.8 Å². The van der Waals surface area contributed by atoms with Crippen LogP contribution in [0.5, 0.6) is 0 Å². The molecule has 128 valence electrons. The van der Waals surface area contributed by atoms with Gasteiger partial charge in [-0.15, -0.1) is 0 Å². The minimum atomic E-state index is -4.71. The van der Waals surface area contributed by atoms with E-state index in [4.69, 9.17) is 0 Å². The predicted octanol–water partition coefficient (Wildman–Crippen LogP) is 3.48. The molecule has 0 saturated heterocycles. The number of carbonyl (C=O) groups excluding carboxylic acids is 1. The van der Waals surface area contributed by atoms with E-state index in [-0.39, 0.29) is 11.5 Å². The van der Waals surface area contributed by atoms with Gasteiger partial charge in [-0.25, -0.2) is 9.97 Å². The van der Waals surface area contributed by atoms with Gasteiger partial charge in [0.2, 0.25) is 5.91 Å². The molecule has 1 amide bonds. The van der Waals surface area contributed by atoms with E-state index in [1.807, 2.05) is 0 Å². The van der Waals surface area contributed by atoms with E-state index < -0.39 is 23.7 Å². The minimum absolute atomic E-state index is 0.0901. The Morgan fingerprint density at radius 2 is 1.88 bits per heavy atom. The summed E-state index contributed by atoms with van der Waals surface area (Å²) in [6.45, 7) is 4.99. The first-order valence-electron chi connectivity index (χ1n) is 7.25. The van der Waals surface area contributed by atoms with Crippen LogP contribution in [0.1, 0.15) is 25.1 Å². The Kier molecular flexibility index (Phi) is 4.86. The molecule has 8 heteroatoms. The molecule has 2 aromatic heterocycles. The third kappa shape index (κ3) is 3.69. The molecule has 0 aliphatic heterocycles. The molecule has 0 saturated carbocycles. The van der Waals surface area contributed by atoms with Gasteiger partial charge in [0.1, 0.15) is 0 Å². The van der Waals surface area contributed by atoms with Crippen LogP contribution < -0.4 is 4.90 Å². The maximum absolute atomic E-state index is 13.4. The molecular weight excluding hydrogens is 321 g/mol. The van der Waals surface area contributed by atoms with E-state index in [1.54, 1.807) is 33.0 Å². The van der Waals surface area contributed by atoms with Gasteiger partial charge in [0.15, 0.2) is 11.5 Å². The number of amides is 1. The van der Waals surface area contributed by atoms with Crippen LogP contribution in [0.4, 0.5) is 18.9 Å². The third-order valence-corrected chi connectivity index (χ3v) is 3.36. The molecule has 0 bridgehead atoms. The quantitative estimate of drug-likeness (QED) is 0.860. The molecule has 0 fully saturated rings. The molecule has 0 aliphatic carbocycles. The first-order valence-corrected chi connectivity index (χ1v) is 7.25. The zero-order valence-corrected chi connectivity index (χ0v) is 13.7. The van der Waals surface area contributed by atoms with Crippen molar-refractivity contribution in [2.75, 3.05) is 11.9 Å². The van der Waals surface area contributed by atoms with Crippen molar-refractivity contribution < 1.29 is 18.0 Å². The summed E-state index contributed by atoms with van der Waals surface area (Å²) in [5, 5.41) is 0. The number of nitrogens with zero attached hydrogens (tertiary/aromatic N) is 4. The number of aromatic nitrogens is 3. The van der Waals surface area contributed by atoms with E-state index in [1.165, 1.54) is 13.2 Å². The van der Waals surface area contributed by atoms with Crippen molar-refractivity contribution in [3.8, 4) is 11.4 Å². The van der Waals surface area contributed by atoms with Crippen LogP contribution in [0.3, 0.4) is 0 Å². The molecule has 2 aromatic rings. The molecule has 24 heavy (non-hydrogen) atoms. The van der Waals surface area contributed by atoms with Crippen molar-refractivity contribution in [1.29, 1.82) is 0 Å². The number of halogens is 3. The largest absolute Gasteiger partial charge is 0.435 e. The van der Waals surface area contributed by atoms with Gasteiger partial charge < -0.3 is 4.90 Å². The Bertz CT molecular complexity index is 759. The maximum atomic E-state index is 13.4. The average Bonchev–Trinajstić information content (AvgIpc) is 2.52. The van der Waals surface area contributed by atoms with E-state index >= 15 is 0 Å². The number of carbonyl (C=O) groups is 1. The molecule has 2 heterocycles. The molecule has 0 atom stereocenters. The van der Waals surface area contributed by atoms with Crippen LogP contribution in [0.2, 0.25) is 0 Å². The number of rotatable bonds is 3. The molecule has 0 radical (unpaired) electrons. The Morgan fingerprint density at radius 1 is 1.21 bits per heavy atom. The molecule has 0 aliphatic rings. The molecule has 2 rings (SSSR count). The summed E-state index contributed by atoms with van der Waals surface area (Å²) < 4.78 is 40.2. The summed E-state index contributed by atoms with van der Waals surface area (Å²) in [4.78, 5) is 24.5. The molecule has 0 aromatic carbocycles. The molecular formula is C16H17F3N4O. The van der Waals surface area contributed by atoms with Crippen molar-refractivity contribution in [1.82, 2.24) is 15.0 Å². The fraction of sp³-hybridized carbons (Fsp3) is 0.375. The van der Waals surface area contributed by atoms with Crippen LogP contribution in [0.25, 0.3) is 11.4 Å². The highest BCUT2D eigenvalue weighted by atomic mass is 19.4. The Morgan fingerprint density at radius 3 is 2.42 bits per heavy atom. The number of alkyl halides is 3. The molecule has 5 nitrogen and oxygen atoms in total. The minimum Gasteiger partial charge on any atom is -0.312 e. The Hall–Kier alpha value is -2.51. The molecule has 0 unspecified atom stereocenters. The van der Waals surface area contributed by atoms with E-state index in [0.717, 1.165) is 16.7 Å². The van der Waals surface area contributed by atoms with E-state index in [2.05, 4.69) is 15.0 Å². The summed E-state index contributed by atoms with van der Waals surface area (Å²) in [5.74, 6) is -0.988. The lowest BCUT2D eigenvalue weighted by Gasteiger charge is -2.22. The first kappa shape index (κ1) is 17.8. The number of hydrogen-bond donors (Lipinski definition) is 0. The lowest BCUT2D eigenvalue weighted by Crippen LogP contribution is -2.32. The van der Waals surface area contributed by atoms with Crippen molar-refractivity contribution in [3.63, 3.8) is 0 Å². The standard InChI is InChI=1S/C16H17F3N4O/c1-9(2)15(24)23(4)12-8-21-14(22-13(12)16(17,18)19)11-5-10(3)6-20-7-11/h5-9H,1-4H3. The zero-order chi connectivity index (χ0) is 18.1. The Balaban J connectivity index is 2.57. The highest BCUT2D eigenvalue weighted by Crippen LogP contribution is 2.36. The number of pyridine rings is 1. The second kappa shape index (κ2) is 6.54. The number of aryl methyl sites for hydroxylation is 1. The SMILES string of the molecule is Cc1cncc(-c2ncc(N(C)C(=O)C(C)C)c(C(F)(F)F)n2)c1. The average molecular weight is 338 g/mol. The van der Waals surface area contributed by atoms with Crippen molar-refractivity contribution >= 4 is 11.6 Å². The van der Waals surface area contributed by atoms with Crippen molar-refractivity contribution in [3.05, 3.63) is 35.9 Å². The van der Waals surface area contributed by atoms with Crippen LogP contribution in [0.15, 0.2) is 24.7 Å². The lowest BCUT2D eigenvalue weighted by atomic mass is 10.1. The number of hydrogen-bond acceptors (Lipinski definition) is 4. The van der Waals surface area contributed by atoms with Gasteiger partial charge in [-0.05, 0) is 18.6 Å². The van der Waals surface area contributed by atoms with Gasteiger partial charge in [0.25, 0.3) is 0 Å². The van der Waals surface area contributed by atoms with Gasteiger partial charge >= 0.3 is 6.18 Å². The van der Waals surface area contributed by atoms with Gasteiger partial charge in [-0.2, -0.15) is 13.2 Å². The first-order chi connectivity index (χ1) is 11.1. The second-order valence-electron chi connectivity index (χ2n) is 5.73. The third-order valence-electron chi connectivity index (χ3n) is 3.36. The smallest absolute Gasteiger partial charge is 0.312 e. The van der Waals surface area contributed by atoms with Gasteiger partial charge in [0.05, 0.1) is 11.9 Å². The summed E-state index contributed by atoms with van der Waals surface area (Å²) in [6.07, 6.45) is -0.716.